The fraction of sp³-hybridized carbons (Fsp3) is 0.375. The second kappa shape index (κ2) is 7.09. The number of nitrogens with one attached hydrogen (secondary N) is 1. The lowest BCUT2D eigenvalue weighted by Gasteiger charge is -2.18. The highest BCUT2D eigenvalue weighted by Crippen LogP contribution is 2.30. The molecule has 1 atom stereocenters. The molecule has 114 valence electrons. The molecule has 0 saturated heterocycles. The molecule has 1 nitrogen and oxygen atoms in total. The summed E-state index contributed by atoms with van der Waals surface area (Å²) < 4.78 is 38.3. The number of thiophene rings is 1. The predicted molar refractivity (Wildman–Crippen MR) is 80.5 cm³/mol. The van der Waals surface area contributed by atoms with Gasteiger partial charge in [-0.3, -0.25) is 0 Å². The Labute approximate surface area is 126 Å². The van der Waals surface area contributed by atoms with Crippen LogP contribution in [0.25, 0.3) is 0 Å². The Bertz CT molecular complexity index is 549. The van der Waals surface area contributed by atoms with Crippen molar-refractivity contribution in [2.45, 2.75) is 32.0 Å². The number of halogens is 3. The van der Waals surface area contributed by atoms with Crippen molar-refractivity contribution in [3.63, 3.8) is 0 Å². The maximum absolute atomic E-state index is 12.8. The summed E-state index contributed by atoms with van der Waals surface area (Å²) in [4.78, 5) is 0. The van der Waals surface area contributed by atoms with Gasteiger partial charge in [0.25, 0.3) is 0 Å². The van der Waals surface area contributed by atoms with Crippen molar-refractivity contribution in [1.29, 1.82) is 0 Å². The number of hydrogen-bond acceptors (Lipinski definition) is 2. The Morgan fingerprint density at radius 1 is 1.24 bits per heavy atom. The first-order valence-electron chi connectivity index (χ1n) is 6.92. The summed E-state index contributed by atoms with van der Waals surface area (Å²) in [6.45, 7) is 2.92. The van der Waals surface area contributed by atoms with E-state index in [1.807, 2.05) is 16.8 Å². The SMILES string of the molecule is CCCNC(Cc1cccc(C(F)(F)F)c1)c1ccsc1. The Morgan fingerprint density at radius 2 is 2.05 bits per heavy atom. The topological polar surface area (TPSA) is 12.0 Å². The Hall–Kier alpha value is -1.33. The minimum absolute atomic E-state index is 0.0553. The summed E-state index contributed by atoms with van der Waals surface area (Å²) in [5.74, 6) is 0. The second-order valence-corrected chi connectivity index (χ2v) is 5.75. The molecule has 0 amide bonds. The molecule has 0 bridgehead atoms. The van der Waals surface area contributed by atoms with Gasteiger partial charge >= 0.3 is 6.18 Å². The lowest BCUT2D eigenvalue weighted by Crippen LogP contribution is -2.23. The molecule has 2 rings (SSSR count). The predicted octanol–water partition coefficient (Wildman–Crippen LogP) is 5.05. The van der Waals surface area contributed by atoms with Crippen LogP contribution in [0.1, 0.15) is 36.1 Å². The molecular formula is C16H18F3NS. The lowest BCUT2D eigenvalue weighted by molar-refractivity contribution is -0.137. The van der Waals surface area contributed by atoms with E-state index in [2.05, 4.69) is 12.2 Å². The fourth-order valence-electron chi connectivity index (χ4n) is 2.21. The van der Waals surface area contributed by atoms with Crippen LogP contribution >= 0.6 is 11.3 Å². The van der Waals surface area contributed by atoms with Crippen molar-refractivity contribution in [2.75, 3.05) is 6.54 Å². The van der Waals surface area contributed by atoms with E-state index in [9.17, 15) is 13.2 Å². The van der Waals surface area contributed by atoms with Gasteiger partial charge in [-0.1, -0.05) is 25.1 Å². The van der Waals surface area contributed by atoms with E-state index in [0.29, 0.717) is 12.0 Å². The molecule has 1 aromatic heterocycles. The molecule has 2 aromatic rings. The molecular weight excluding hydrogens is 295 g/mol. The molecule has 1 heterocycles. The van der Waals surface area contributed by atoms with Gasteiger partial charge in [0.15, 0.2) is 0 Å². The minimum Gasteiger partial charge on any atom is -0.310 e. The molecule has 0 aliphatic heterocycles. The molecule has 0 saturated carbocycles. The molecule has 0 spiro atoms. The van der Waals surface area contributed by atoms with Crippen LogP contribution < -0.4 is 5.32 Å². The van der Waals surface area contributed by atoms with Gasteiger partial charge in [0.1, 0.15) is 0 Å². The van der Waals surface area contributed by atoms with Crippen LogP contribution in [0, 0.1) is 0 Å². The largest absolute Gasteiger partial charge is 0.416 e. The molecule has 0 aliphatic carbocycles. The zero-order valence-electron chi connectivity index (χ0n) is 11.8. The smallest absolute Gasteiger partial charge is 0.310 e. The summed E-state index contributed by atoms with van der Waals surface area (Å²) >= 11 is 1.60. The minimum atomic E-state index is -4.29. The van der Waals surface area contributed by atoms with Gasteiger partial charge in [-0.15, -0.1) is 0 Å². The average molecular weight is 313 g/mol. The van der Waals surface area contributed by atoms with Crippen LogP contribution in [-0.4, -0.2) is 6.54 Å². The quantitative estimate of drug-likeness (QED) is 0.787. The standard InChI is InChI=1S/C16H18F3NS/c1-2-7-20-15(13-6-8-21-11-13)10-12-4-3-5-14(9-12)16(17,18)19/h3-6,8-9,11,15,20H,2,7,10H2,1H3. The lowest BCUT2D eigenvalue weighted by atomic mass is 9.99. The first-order valence-corrected chi connectivity index (χ1v) is 7.86. The summed E-state index contributed by atoms with van der Waals surface area (Å²) in [6.07, 6.45) is -2.74. The number of rotatable bonds is 6. The highest BCUT2D eigenvalue weighted by atomic mass is 32.1. The van der Waals surface area contributed by atoms with Gasteiger partial charge in [-0.05, 0) is 53.4 Å². The molecule has 5 heteroatoms. The van der Waals surface area contributed by atoms with Crippen molar-refractivity contribution in [2.24, 2.45) is 0 Å². The third kappa shape index (κ3) is 4.58. The van der Waals surface area contributed by atoms with Crippen molar-refractivity contribution in [1.82, 2.24) is 5.32 Å². The van der Waals surface area contributed by atoms with Gasteiger partial charge in [-0.2, -0.15) is 24.5 Å². The average Bonchev–Trinajstić information content (AvgIpc) is 2.97. The first kappa shape index (κ1) is 16.0. The Kier molecular flexibility index (Phi) is 5.42. The van der Waals surface area contributed by atoms with Crippen LogP contribution in [0.4, 0.5) is 13.2 Å². The Morgan fingerprint density at radius 3 is 2.67 bits per heavy atom. The van der Waals surface area contributed by atoms with Crippen LogP contribution in [0.3, 0.4) is 0 Å². The zero-order chi connectivity index (χ0) is 15.3. The third-order valence-electron chi connectivity index (χ3n) is 3.28. The molecule has 1 unspecified atom stereocenters. The normalized spacial score (nSPS) is 13.3. The molecule has 0 fully saturated rings. The molecule has 1 N–H and O–H groups in total. The van der Waals surface area contributed by atoms with Crippen molar-refractivity contribution < 1.29 is 13.2 Å². The maximum atomic E-state index is 12.8. The highest BCUT2D eigenvalue weighted by Gasteiger charge is 2.30. The van der Waals surface area contributed by atoms with Gasteiger partial charge in [0.05, 0.1) is 5.56 Å². The maximum Gasteiger partial charge on any atom is 0.416 e. The van der Waals surface area contributed by atoms with Crippen molar-refractivity contribution >= 4 is 11.3 Å². The molecule has 0 aliphatic rings. The van der Waals surface area contributed by atoms with Gasteiger partial charge in [-0.25, -0.2) is 0 Å². The van der Waals surface area contributed by atoms with Crippen LogP contribution in [0.5, 0.6) is 0 Å². The summed E-state index contributed by atoms with van der Waals surface area (Å²) in [7, 11) is 0. The third-order valence-corrected chi connectivity index (χ3v) is 3.98. The molecule has 0 radical (unpaired) electrons. The van der Waals surface area contributed by atoms with E-state index in [4.69, 9.17) is 0 Å². The second-order valence-electron chi connectivity index (χ2n) is 4.97. The summed E-state index contributed by atoms with van der Waals surface area (Å²) in [5.41, 5.74) is 1.25. The molecule has 21 heavy (non-hydrogen) atoms. The van der Waals surface area contributed by atoms with E-state index in [-0.39, 0.29) is 6.04 Å². The summed E-state index contributed by atoms with van der Waals surface area (Å²) in [5, 5.41) is 7.43. The van der Waals surface area contributed by atoms with E-state index < -0.39 is 11.7 Å². The van der Waals surface area contributed by atoms with E-state index >= 15 is 0 Å². The van der Waals surface area contributed by atoms with Gasteiger partial charge < -0.3 is 5.32 Å². The first-order chi connectivity index (χ1) is 10.0. The van der Waals surface area contributed by atoms with Crippen molar-refractivity contribution in [3.05, 3.63) is 57.8 Å². The Balaban J connectivity index is 2.17. The number of benzene rings is 1. The monoisotopic (exact) mass is 313 g/mol. The highest BCUT2D eigenvalue weighted by molar-refractivity contribution is 7.07. The van der Waals surface area contributed by atoms with Crippen LogP contribution in [0.15, 0.2) is 41.1 Å². The van der Waals surface area contributed by atoms with Gasteiger partial charge in [0, 0.05) is 6.04 Å². The molecule has 1 aromatic carbocycles. The van der Waals surface area contributed by atoms with Crippen LogP contribution in [-0.2, 0) is 12.6 Å². The zero-order valence-corrected chi connectivity index (χ0v) is 12.6. The van der Waals surface area contributed by atoms with Crippen LogP contribution in [0.2, 0.25) is 0 Å². The number of hydrogen-bond donors (Lipinski definition) is 1. The van der Waals surface area contributed by atoms with E-state index in [1.165, 1.54) is 12.1 Å². The van der Waals surface area contributed by atoms with Crippen molar-refractivity contribution in [3.8, 4) is 0 Å². The van der Waals surface area contributed by atoms with E-state index in [1.54, 1.807) is 17.4 Å². The van der Waals surface area contributed by atoms with E-state index in [0.717, 1.165) is 24.6 Å². The number of alkyl halides is 3. The fourth-order valence-corrected chi connectivity index (χ4v) is 2.92. The van der Waals surface area contributed by atoms with Gasteiger partial charge in [0.2, 0.25) is 0 Å². The summed E-state index contributed by atoms with van der Waals surface area (Å²) in [6, 6.07) is 7.66.